The van der Waals surface area contributed by atoms with Crippen molar-refractivity contribution < 1.29 is 9.84 Å². The first-order valence-corrected chi connectivity index (χ1v) is 6.46. The Hall–Kier alpha value is -1.02. The molecule has 0 aliphatic rings. The minimum atomic E-state index is -0.403. The molecule has 96 valence electrons. The quantitative estimate of drug-likeness (QED) is 0.817. The van der Waals surface area contributed by atoms with Crippen molar-refractivity contribution in [1.29, 1.82) is 0 Å². The van der Waals surface area contributed by atoms with Gasteiger partial charge in [-0.15, -0.1) is 0 Å². The molecule has 0 saturated carbocycles. The molecule has 0 fully saturated rings. The van der Waals surface area contributed by atoms with Crippen molar-refractivity contribution in [2.45, 2.75) is 46.1 Å². The summed E-state index contributed by atoms with van der Waals surface area (Å²) in [6.45, 7) is 8.72. The number of rotatable bonds is 6. The van der Waals surface area contributed by atoms with Crippen molar-refractivity contribution in [3.63, 3.8) is 0 Å². The van der Waals surface area contributed by atoms with Crippen LogP contribution in [0.25, 0.3) is 0 Å². The van der Waals surface area contributed by atoms with E-state index < -0.39 is 6.10 Å². The summed E-state index contributed by atoms with van der Waals surface area (Å²) in [7, 11) is 0. The van der Waals surface area contributed by atoms with Crippen LogP contribution in [0.15, 0.2) is 24.3 Å². The third-order valence-electron chi connectivity index (χ3n) is 3.24. The molecular formula is C15H24O2. The van der Waals surface area contributed by atoms with Crippen molar-refractivity contribution in [1.82, 2.24) is 0 Å². The van der Waals surface area contributed by atoms with E-state index in [4.69, 9.17) is 4.74 Å². The second kappa shape index (κ2) is 6.65. The van der Waals surface area contributed by atoms with Crippen LogP contribution in [0, 0.1) is 5.92 Å². The first-order chi connectivity index (χ1) is 8.06. The van der Waals surface area contributed by atoms with Crippen molar-refractivity contribution in [2.75, 3.05) is 6.61 Å². The fraction of sp³-hybridized carbons (Fsp3) is 0.600. The maximum Gasteiger partial charge on any atom is 0.122 e. The van der Waals surface area contributed by atoms with E-state index in [0.717, 1.165) is 12.2 Å². The lowest BCUT2D eigenvalue weighted by Gasteiger charge is -2.19. The lowest BCUT2D eigenvalue weighted by Crippen LogP contribution is -2.23. The Bertz CT molecular complexity index is 333. The van der Waals surface area contributed by atoms with Crippen molar-refractivity contribution >= 4 is 0 Å². The highest BCUT2D eigenvalue weighted by Crippen LogP contribution is 2.28. The highest BCUT2D eigenvalue weighted by atomic mass is 16.5. The second-order valence-electron chi connectivity index (χ2n) is 4.97. The number of hydrogen-bond acceptors (Lipinski definition) is 2. The molecule has 1 aromatic rings. The molecule has 1 rings (SSSR count). The summed E-state index contributed by atoms with van der Waals surface area (Å²) in [5, 5.41) is 9.75. The third-order valence-corrected chi connectivity index (χ3v) is 3.24. The number of benzene rings is 1. The summed E-state index contributed by atoms with van der Waals surface area (Å²) in [5.74, 6) is 1.62. The van der Waals surface area contributed by atoms with Gasteiger partial charge in [0, 0.05) is 0 Å². The Kier molecular flexibility index (Phi) is 5.49. The number of hydrogen-bond donors (Lipinski definition) is 1. The zero-order chi connectivity index (χ0) is 12.8. The van der Waals surface area contributed by atoms with Gasteiger partial charge in [0.25, 0.3) is 0 Å². The predicted molar refractivity (Wildman–Crippen MR) is 71.5 cm³/mol. The zero-order valence-electron chi connectivity index (χ0n) is 11.3. The fourth-order valence-electron chi connectivity index (χ4n) is 1.61. The summed E-state index contributed by atoms with van der Waals surface area (Å²) in [5.41, 5.74) is 1.23. The number of aliphatic hydroxyl groups is 1. The van der Waals surface area contributed by atoms with E-state index in [9.17, 15) is 5.11 Å². The Morgan fingerprint density at radius 3 is 2.41 bits per heavy atom. The van der Waals surface area contributed by atoms with E-state index in [1.165, 1.54) is 5.56 Å². The van der Waals surface area contributed by atoms with Gasteiger partial charge < -0.3 is 9.84 Å². The smallest absolute Gasteiger partial charge is 0.122 e. The average Bonchev–Trinajstić information content (AvgIpc) is 2.35. The number of ether oxygens (including phenoxy) is 1. The van der Waals surface area contributed by atoms with Gasteiger partial charge in [-0.3, -0.25) is 0 Å². The highest BCUT2D eigenvalue weighted by Gasteiger charge is 2.13. The van der Waals surface area contributed by atoms with Crippen LogP contribution >= 0.6 is 0 Å². The molecule has 1 N–H and O–H groups in total. The van der Waals surface area contributed by atoms with E-state index in [-0.39, 0.29) is 5.92 Å². The molecule has 0 spiro atoms. The minimum Gasteiger partial charge on any atom is -0.491 e. The van der Waals surface area contributed by atoms with Gasteiger partial charge in [-0.25, -0.2) is 0 Å². The molecule has 0 heterocycles. The molecule has 0 radical (unpaired) electrons. The fourth-order valence-corrected chi connectivity index (χ4v) is 1.61. The molecule has 2 unspecified atom stereocenters. The molecule has 0 saturated heterocycles. The van der Waals surface area contributed by atoms with Gasteiger partial charge in [0.1, 0.15) is 12.4 Å². The lowest BCUT2D eigenvalue weighted by molar-refractivity contribution is 0.0696. The zero-order valence-corrected chi connectivity index (χ0v) is 11.3. The molecule has 0 aromatic heterocycles. The Labute approximate surface area is 105 Å². The van der Waals surface area contributed by atoms with Crippen molar-refractivity contribution in [3.8, 4) is 5.75 Å². The lowest BCUT2D eigenvalue weighted by atomic mass is 9.98. The monoisotopic (exact) mass is 236 g/mol. The Morgan fingerprint density at radius 1 is 1.18 bits per heavy atom. The third kappa shape index (κ3) is 4.04. The van der Waals surface area contributed by atoms with E-state index in [1.807, 2.05) is 32.0 Å². The summed E-state index contributed by atoms with van der Waals surface area (Å²) in [6.07, 6.45) is 0.688. The molecule has 0 amide bonds. The van der Waals surface area contributed by atoms with Crippen LogP contribution in [0.3, 0.4) is 0 Å². The Morgan fingerprint density at radius 2 is 1.82 bits per heavy atom. The van der Waals surface area contributed by atoms with Crippen LogP contribution in [0.5, 0.6) is 5.75 Å². The van der Waals surface area contributed by atoms with E-state index in [2.05, 4.69) is 19.9 Å². The van der Waals surface area contributed by atoms with Gasteiger partial charge in [0.05, 0.1) is 6.10 Å². The van der Waals surface area contributed by atoms with Crippen LogP contribution < -0.4 is 4.74 Å². The van der Waals surface area contributed by atoms with Crippen molar-refractivity contribution in [2.24, 2.45) is 5.92 Å². The van der Waals surface area contributed by atoms with Gasteiger partial charge in [-0.05, 0) is 29.9 Å². The molecule has 1 aromatic carbocycles. The summed E-state index contributed by atoms with van der Waals surface area (Å²) in [4.78, 5) is 0. The number of para-hydroxylation sites is 1. The maximum atomic E-state index is 9.75. The second-order valence-corrected chi connectivity index (χ2v) is 4.97. The summed E-state index contributed by atoms with van der Waals surface area (Å²) < 4.78 is 5.73. The van der Waals surface area contributed by atoms with E-state index in [0.29, 0.717) is 12.5 Å². The first kappa shape index (κ1) is 14.0. The molecule has 17 heavy (non-hydrogen) atoms. The van der Waals surface area contributed by atoms with Gasteiger partial charge in [0.15, 0.2) is 0 Å². The van der Waals surface area contributed by atoms with Gasteiger partial charge in [0.2, 0.25) is 0 Å². The molecular weight excluding hydrogens is 212 g/mol. The van der Waals surface area contributed by atoms with Crippen molar-refractivity contribution in [3.05, 3.63) is 29.8 Å². The number of aliphatic hydroxyl groups excluding tert-OH is 1. The van der Waals surface area contributed by atoms with E-state index >= 15 is 0 Å². The SMILES string of the molecule is CCC(C)c1ccccc1OCC(O)C(C)C. The van der Waals surface area contributed by atoms with Crippen LogP contribution in [0.1, 0.15) is 45.6 Å². The largest absolute Gasteiger partial charge is 0.491 e. The standard InChI is InChI=1S/C15H24O2/c1-5-12(4)13-8-6-7-9-15(13)17-10-14(16)11(2)3/h6-9,11-12,14,16H,5,10H2,1-4H3. The predicted octanol–water partition coefficient (Wildman–Crippen LogP) is 3.60. The molecule has 0 bridgehead atoms. The molecule has 0 aliphatic carbocycles. The molecule has 2 nitrogen and oxygen atoms in total. The van der Waals surface area contributed by atoms with Gasteiger partial charge in [-0.2, -0.15) is 0 Å². The summed E-state index contributed by atoms with van der Waals surface area (Å²) >= 11 is 0. The van der Waals surface area contributed by atoms with E-state index in [1.54, 1.807) is 0 Å². The van der Waals surface area contributed by atoms with Gasteiger partial charge in [-0.1, -0.05) is 45.9 Å². The minimum absolute atomic E-state index is 0.228. The van der Waals surface area contributed by atoms with Crippen LogP contribution in [0.4, 0.5) is 0 Å². The van der Waals surface area contributed by atoms with Crippen LogP contribution in [-0.4, -0.2) is 17.8 Å². The van der Waals surface area contributed by atoms with Crippen LogP contribution in [0.2, 0.25) is 0 Å². The Balaban J connectivity index is 2.70. The molecule has 2 atom stereocenters. The molecule has 0 aliphatic heterocycles. The maximum absolute atomic E-state index is 9.75. The normalized spacial score (nSPS) is 14.7. The average molecular weight is 236 g/mol. The topological polar surface area (TPSA) is 29.5 Å². The molecule has 2 heteroatoms. The summed E-state index contributed by atoms with van der Waals surface area (Å²) in [6, 6.07) is 8.09. The van der Waals surface area contributed by atoms with Crippen LogP contribution in [-0.2, 0) is 0 Å². The first-order valence-electron chi connectivity index (χ1n) is 6.46. The van der Waals surface area contributed by atoms with Gasteiger partial charge >= 0.3 is 0 Å². The highest BCUT2D eigenvalue weighted by molar-refractivity contribution is 5.35.